The lowest BCUT2D eigenvalue weighted by Crippen LogP contribution is -2.46. The molecule has 2 rings (SSSR count). The lowest BCUT2D eigenvalue weighted by Gasteiger charge is -2.27. The Hall–Kier alpha value is -0.430. The number of halogens is 2. The number of carbonyl (C=O) groups is 1. The molecule has 104 valence electrons. The van der Waals surface area contributed by atoms with Crippen LogP contribution in [0.4, 0.5) is 0 Å². The van der Waals surface area contributed by atoms with Crippen molar-refractivity contribution in [3.63, 3.8) is 0 Å². The van der Waals surface area contributed by atoms with Gasteiger partial charge in [-0.15, -0.1) is 0 Å². The predicted molar refractivity (Wildman–Crippen MR) is 83.5 cm³/mol. The van der Waals surface area contributed by atoms with Gasteiger partial charge in [0, 0.05) is 48.2 Å². The summed E-state index contributed by atoms with van der Waals surface area (Å²) in [5.74, 6) is -0.0386. The molecule has 1 saturated heterocycles. The molecule has 4 nitrogen and oxygen atoms in total. The molecule has 0 atom stereocenters. The van der Waals surface area contributed by atoms with Gasteiger partial charge in [-0.1, -0.05) is 15.9 Å². The second kappa shape index (κ2) is 7.38. The summed E-state index contributed by atoms with van der Waals surface area (Å²) in [7, 11) is 0. The highest BCUT2D eigenvalue weighted by atomic mass is 79.9. The van der Waals surface area contributed by atoms with Crippen LogP contribution < -0.4 is 10.6 Å². The van der Waals surface area contributed by atoms with Crippen molar-refractivity contribution in [2.24, 2.45) is 0 Å². The van der Waals surface area contributed by atoms with Crippen molar-refractivity contribution in [3.05, 3.63) is 32.7 Å². The third-order valence-electron chi connectivity index (χ3n) is 3.10. The Morgan fingerprint density at radius 1 is 1.32 bits per heavy atom. The van der Waals surface area contributed by atoms with Gasteiger partial charge in [-0.05, 0) is 34.1 Å². The monoisotopic (exact) mass is 389 g/mol. The smallest absolute Gasteiger partial charge is 0.252 e. The van der Waals surface area contributed by atoms with Gasteiger partial charge in [0.1, 0.15) is 0 Å². The van der Waals surface area contributed by atoms with Crippen molar-refractivity contribution in [2.75, 3.05) is 39.3 Å². The molecular weight excluding hydrogens is 374 g/mol. The van der Waals surface area contributed by atoms with Crippen LogP contribution in [0.3, 0.4) is 0 Å². The zero-order valence-electron chi connectivity index (χ0n) is 10.6. The first-order valence-corrected chi connectivity index (χ1v) is 7.92. The number of benzene rings is 1. The summed E-state index contributed by atoms with van der Waals surface area (Å²) in [6, 6.07) is 5.60. The normalized spacial score (nSPS) is 16.3. The Balaban J connectivity index is 1.82. The average molecular weight is 391 g/mol. The Kier molecular flexibility index (Phi) is 5.81. The first kappa shape index (κ1) is 15.0. The van der Waals surface area contributed by atoms with E-state index in [1.165, 1.54) is 0 Å². The van der Waals surface area contributed by atoms with Crippen LogP contribution in [-0.4, -0.2) is 50.1 Å². The van der Waals surface area contributed by atoms with Crippen molar-refractivity contribution in [1.29, 1.82) is 0 Å². The number of hydrogen-bond acceptors (Lipinski definition) is 3. The number of amides is 1. The Bertz CT molecular complexity index is 448. The van der Waals surface area contributed by atoms with E-state index in [9.17, 15) is 4.79 Å². The third kappa shape index (κ3) is 4.56. The zero-order valence-corrected chi connectivity index (χ0v) is 13.8. The van der Waals surface area contributed by atoms with Gasteiger partial charge in [0.05, 0.1) is 5.56 Å². The molecule has 0 saturated carbocycles. The van der Waals surface area contributed by atoms with Gasteiger partial charge in [0.2, 0.25) is 0 Å². The maximum atomic E-state index is 12.1. The zero-order chi connectivity index (χ0) is 13.7. The van der Waals surface area contributed by atoms with Crippen molar-refractivity contribution in [1.82, 2.24) is 15.5 Å². The number of nitrogens with one attached hydrogen (secondary N) is 2. The van der Waals surface area contributed by atoms with Crippen molar-refractivity contribution >= 4 is 37.8 Å². The van der Waals surface area contributed by atoms with Crippen molar-refractivity contribution < 1.29 is 4.79 Å². The Morgan fingerprint density at radius 3 is 2.79 bits per heavy atom. The molecule has 1 aromatic carbocycles. The quantitative estimate of drug-likeness (QED) is 0.824. The van der Waals surface area contributed by atoms with Crippen LogP contribution >= 0.6 is 31.9 Å². The minimum absolute atomic E-state index is 0.0386. The number of carbonyl (C=O) groups excluding carboxylic acids is 1. The topological polar surface area (TPSA) is 44.4 Å². The highest BCUT2D eigenvalue weighted by Crippen LogP contribution is 2.21. The summed E-state index contributed by atoms with van der Waals surface area (Å²) in [6.07, 6.45) is 0. The number of rotatable bonds is 4. The molecule has 0 aromatic heterocycles. The number of hydrogen-bond donors (Lipinski definition) is 2. The molecule has 1 amide bonds. The summed E-state index contributed by atoms with van der Waals surface area (Å²) in [4.78, 5) is 14.4. The fourth-order valence-corrected chi connectivity index (χ4v) is 2.82. The molecule has 0 radical (unpaired) electrons. The predicted octanol–water partition coefficient (Wildman–Crippen LogP) is 1.85. The van der Waals surface area contributed by atoms with Crippen LogP contribution in [0.5, 0.6) is 0 Å². The largest absolute Gasteiger partial charge is 0.351 e. The second-order valence-electron chi connectivity index (χ2n) is 4.47. The summed E-state index contributed by atoms with van der Waals surface area (Å²) in [6.45, 7) is 5.75. The molecule has 1 heterocycles. The maximum Gasteiger partial charge on any atom is 0.252 e. The fourth-order valence-electron chi connectivity index (χ4n) is 2.03. The summed E-state index contributed by atoms with van der Waals surface area (Å²) in [5.41, 5.74) is 0.662. The van der Waals surface area contributed by atoms with Crippen LogP contribution in [-0.2, 0) is 0 Å². The minimum atomic E-state index is -0.0386. The molecule has 0 bridgehead atoms. The van der Waals surface area contributed by atoms with Gasteiger partial charge in [0.15, 0.2) is 0 Å². The first-order valence-electron chi connectivity index (χ1n) is 6.33. The van der Waals surface area contributed by atoms with E-state index in [2.05, 4.69) is 47.4 Å². The minimum Gasteiger partial charge on any atom is -0.351 e. The molecule has 0 unspecified atom stereocenters. The molecule has 0 aliphatic carbocycles. The summed E-state index contributed by atoms with van der Waals surface area (Å²) >= 11 is 6.78. The second-order valence-corrected chi connectivity index (χ2v) is 6.24. The molecule has 19 heavy (non-hydrogen) atoms. The van der Waals surface area contributed by atoms with Crippen LogP contribution in [0, 0.1) is 0 Å². The SMILES string of the molecule is O=C(NCCN1CCNCC1)c1cc(Br)ccc1Br. The Labute approximate surface area is 130 Å². The highest BCUT2D eigenvalue weighted by Gasteiger charge is 2.12. The number of piperazine rings is 1. The van der Waals surface area contributed by atoms with Crippen molar-refractivity contribution in [2.45, 2.75) is 0 Å². The molecule has 2 N–H and O–H groups in total. The molecule has 1 aromatic rings. The van der Waals surface area contributed by atoms with Gasteiger partial charge < -0.3 is 10.6 Å². The highest BCUT2D eigenvalue weighted by molar-refractivity contribution is 9.11. The van der Waals surface area contributed by atoms with Crippen LogP contribution in [0.1, 0.15) is 10.4 Å². The van der Waals surface area contributed by atoms with Crippen LogP contribution in [0.2, 0.25) is 0 Å². The van der Waals surface area contributed by atoms with Gasteiger partial charge in [-0.2, -0.15) is 0 Å². The van der Waals surface area contributed by atoms with Crippen LogP contribution in [0.15, 0.2) is 27.1 Å². The molecule has 0 spiro atoms. The third-order valence-corrected chi connectivity index (χ3v) is 4.28. The van der Waals surface area contributed by atoms with E-state index >= 15 is 0 Å². The van der Waals surface area contributed by atoms with Crippen molar-refractivity contribution in [3.8, 4) is 0 Å². The van der Waals surface area contributed by atoms with E-state index in [1.54, 1.807) is 0 Å². The summed E-state index contributed by atoms with van der Waals surface area (Å²) in [5, 5.41) is 6.28. The molecule has 6 heteroatoms. The Morgan fingerprint density at radius 2 is 2.05 bits per heavy atom. The molecule has 1 aliphatic heterocycles. The molecule has 1 aliphatic rings. The van der Waals surface area contributed by atoms with E-state index in [-0.39, 0.29) is 5.91 Å². The fraction of sp³-hybridized carbons (Fsp3) is 0.462. The number of nitrogens with zero attached hydrogens (tertiary/aromatic N) is 1. The van der Waals surface area contributed by atoms with Crippen LogP contribution in [0.25, 0.3) is 0 Å². The van der Waals surface area contributed by atoms with Gasteiger partial charge in [0.25, 0.3) is 5.91 Å². The first-order chi connectivity index (χ1) is 9.16. The van der Waals surface area contributed by atoms with Gasteiger partial charge >= 0.3 is 0 Å². The lowest BCUT2D eigenvalue weighted by atomic mass is 10.2. The summed E-state index contributed by atoms with van der Waals surface area (Å²) < 4.78 is 1.72. The van der Waals surface area contributed by atoms with E-state index < -0.39 is 0 Å². The van der Waals surface area contributed by atoms with E-state index in [1.807, 2.05) is 18.2 Å². The maximum absolute atomic E-state index is 12.1. The van der Waals surface area contributed by atoms with E-state index in [0.717, 1.165) is 41.7 Å². The van der Waals surface area contributed by atoms with Gasteiger partial charge in [-0.3, -0.25) is 9.69 Å². The average Bonchev–Trinajstić information content (AvgIpc) is 2.42. The van der Waals surface area contributed by atoms with E-state index in [0.29, 0.717) is 12.1 Å². The molecular formula is C13H17Br2N3O. The van der Waals surface area contributed by atoms with Gasteiger partial charge in [-0.25, -0.2) is 0 Å². The standard InChI is InChI=1S/C13H17Br2N3O/c14-10-1-2-12(15)11(9-10)13(19)17-5-8-18-6-3-16-4-7-18/h1-2,9,16H,3-8H2,(H,17,19). The van der Waals surface area contributed by atoms with E-state index in [4.69, 9.17) is 0 Å². The lowest BCUT2D eigenvalue weighted by molar-refractivity contribution is 0.0946. The molecule has 1 fully saturated rings.